The Kier molecular flexibility index (Phi) is 3.49. The number of nitrogens with two attached hydrogens (primary N) is 1. The number of fused-ring (bicyclic) bond motifs is 1. The summed E-state index contributed by atoms with van der Waals surface area (Å²) in [6.45, 7) is 0.582. The van der Waals surface area contributed by atoms with Crippen LogP contribution in [0.25, 0.3) is 11.2 Å². The summed E-state index contributed by atoms with van der Waals surface area (Å²) in [5.74, 6) is 0.265. The highest BCUT2D eigenvalue weighted by Crippen LogP contribution is 2.31. The lowest BCUT2D eigenvalue weighted by atomic mass is 10.1. The van der Waals surface area contributed by atoms with E-state index in [4.69, 9.17) is 10.5 Å². The fraction of sp³-hybridized carbons (Fsp3) is 0.583. The van der Waals surface area contributed by atoms with Gasteiger partial charge in [0.1, 0.15) is 36.7 Å². The summed E-state index contributed by atoms with van der Waals surface area (Å²) in [7, 11) is 3.91. The predicted molar refractivity (Wildman–Crippen MR) is 73.3 cm³/mol. The average molecular weight is 295 g/mol. The number of anilines is 1. The van der Waals surface area contributed by atoms with Crippen LogP contribution in [0.4, 0.5) is 5.82 Å². The van der Waals surface area contributed by atoms with Crippen molar-refractivity contribution in [2.24, 2.45) is 0 Å². The van der Waals surface area contributed by atoms with Gasteiger partial charge in [0.25, 0.3) is 0 Å². The Balaban J connectivity index is 1.94. The lowest BCUT2D eigenvalue weighted by molar-refractivity contribution is -0.862. The smallest absolute Gasteiger partial charge is 0.167 e. The lowest BCUT2D eigenvalue weighted by Crippen LogP contribution is -3.07. The topological polar surface area (TPSA) is 124 Å². The summed E-state index contributed by atoms with van der Waals surface area (Å²) in [6.07, 6.45) is -0.393. The Morgan fingerprint density at radius 1 is 1.29 bits per heavy atom. The Labute approximate surface area is 121 Å². The molecular formula is C12H19N6O3+. The summed E-state index contributed by atoms with van der Waals surface area (Å²) in [5.41, 5.74) is 6.66. The molecule has 0 saturated carbocycles. The highest BCUT2D eigenvalue weighted by Gasteiger charge is 2.45. The van der Waals surface area contributed by atoms with Gasteiger partial charge >= 0.3 is 0 Å². The van der Waals surface area contributed by atoms with Crippen LogP contribution in [0.3, 0.4) is 0 Å². The van der Waals surface area contributed by atoms with Crippen LogP contribution in [-0.4, -0.2) is 68.7 Å². The summed E-state index contributed by atoms with van der Waals surface area (Å²) >= 11 is 0. The molecule has 1 aliphatic rings. The van der Waals surface area contributed by atoms with Gasteiger partial charge in [-0.3, -0.25) is 4.57 Å². The number of hydrogen-bond donors (Lipinski definition) is 4. The van der Waals surface area contributed by atoms with Gasteiger partial charge in [-0.05, 0) is 0 Å². The van der Waals surface area contributed by atoms with Crippen molar-refractivity contribution in [3.05, 3.63) is 12.7 Å². The number of ether oxygens (including phenoxy) is 1. The zero-order chi connectivity index (χ0) is 15.1. The molecular weight excluding hydrogens is 276 g/mol. The first-order valence-corrected chi connectivity index (χ1v) is 6.72. The summed E-state index contributed by atoms with van der Waals surface area (Å²) < 4.78 is 7.37. The van der Waals surface area contributed by atoms with Crippen LogP contribution >= 0.6 is 0 Å². The number of imidazole rings is 1. The van der Waals surface area contributed by atoms with Crippen molar-refractivity contribution < 1.29 is 19.8 Å². The van der Waals surface area contributed by atoms with Gasteiger partial charge in [-0.15, -0.1) is 0 Å². The molecule has 5 N–H and O–H groups in total. The number of rotatable bonds is 3. The van der Waals surface area contributed by atoms with Crippen LogP contribution in [-0.2, 0) is 4.74 Å². The minimum absolute atomic E-state index is 0.265. The lowest BCUT2D eigenvalue weighted by Gasteiger charge is -2.17. The van der Waals surface area contributed by atoms with Gasteiger partial charge in [0.15, 0.2) is 17.7 Å². The molecule has 0 bridgehead atoms. The first-order valence-electron chi connectivity index (χ1n) is 6.72. The molecule has 2 aromatic heterocycles. The molecule has 1 aliphatic heterocycles. The van der Waals surface area contributed by atoms with E-state index in [1.54, 1.807) is 4.57 Å². The quantitative estimate of drug-likeness (QED) is 0.481. The third-order valence-electron chi connectivity index (χ3n) is 3.61. The van der Waals surface area contributed by atoms with Crippen LogP contribution in [0.15, 0.2) is 12.7 Å². The summed E-state index contributed by atoms with van der Waals surface area (Å²) in [6, 6.07) is 0. The molecule has 9 nitrogen and oxygen atoms in total. The third kappa shape index (κ3) is 2.33. The Bertz CT molecular complexity index is 645. The van der Waals surface area contributed by atoms with Crippen LogP contribution in [0.2, 0.25) is 0 Å². The van der Waals surface area contributed by atoms with Gasteiger partial charge in [-0.25, -0.2) is 15.0 Å². The number of quaternary nitrogens is 1. The maximum Gasteiger partial charge on any atom is 0.167 e. The van der Waals surface area contributed by atoms with Crippen molar-refractivity contribution in [1.29, 1.82) is 0 Å². The van der Waals surface area contributed by atoms with Gasteiger partial charge in [-0.1, -0.05) is 0 Å². The Hall–Kier alpha value is -1.81. The SMILES string of the molecule is C[NH+](C)C[C@H]1O[C@@H](n2cnc3c(N)ncnc32)[C@H](O)[C@@H]1O. The fourth-order valence-corrected chi connectivity index (χ4v) is 2.59. The molecule has 1 fully saturated rings. The van der Waals surface area contributed by atoms with E-state index in [1.807, 2.05) is 14.1 Å². The number of likely N-dealkylation sites (N-methyl/N-ethyl adjacent to an activating group) is 1. The number of hydrogen-bond acceptors (Lipinski definition) is 7. The molecule has 4 atom stereocenters. The first-order chi connectivity index (χ1) is 9.99. The molecule has 0 spiro atoms. The second kappa shape index (κ2) is 5.19. The number of nitrogen functional groups attached to an aromatic ring is 1. The van der Waals surface area contributed by atoms with Crippen LogP contribution in [0.1, 0.15) is 6.23 Å². The molecule has 0 radical (unpaired) electrons. The molecule has 2 aromatic rings. The highest BCUT2D eigenvalue weighted by atomic mass is 16.6. The average Bonchev–Trinajstić information content (AvgIpc) is 2.96. The van der Waals surface area contributed by atoms with E-state index in [-0.39, 0.29) is 5.82 Å². The monoisotopic (exact) mass is 295 g/mol. The van der Waals surface area contributed by atoms with Crippen molar-refractivity contribution in [2.75, 3.05) is 26.4 Å². The maximum atomic E-state index is 10.2. The van der Waals surface area contributed by atoms with Gasteiger partial charge in [-0.2, -0.15) is 0 Å². The third-order valence-corrected chi connectivity index (χ3v) is 3.61. The maximum absolute atomic E-state index is 10.2. The van der Waals surface area contributed by atoms with E-state index in [9.17, 15) is 10.2 Å². The van der Waals surface area contributed by atoms with Crippen LogP contribution < -0.4 is 10.6 Å². The van der Waals surface area contributed by atoms with Gasteiger partial charge in [0.2, 0.25) is 0 Å². The molecule has 9 heteroatoms. The Morgan fingerprint density at radius 2 is 2.05 bits per heavy atom. The van der Waals surface area contributed by atoms with E-state index >= 15 is 0 Å². The van der Waals surface area contributed by atoms with E-state index in [1.165, 1.54) is 12.7 Å². The second-order valence-electron chi connectivity index (χ2n) is 5.54. The van der Waals surface area contributed by atoms with Gasteiger partial charge in [0.05, 0.1) is 20.4 Å². The molecule has 0 unspecified atom stereocenters. The van der Waals surface area contributed by atoms with Crippen molar-refractivity contribution in [1.82, 2.24) is 19.5 Å². The second-order valence-corrected chi connectivity index (χ2v) is 5.54. The molecule has 114 valence electrons. The standard InChI is InChI=1S/C12H18N6O3/c1-17(2)3-6-8(19)9(20)12(21-6)18-5-16-7-10(13)14-4-15-11(7)18/h4-6,8-9,12,19-20H,3H2,1-2H3,(H2,13,14,15)/p+1/t6-,8-,9-,12-/m1/s1. The molecule has 3 heterocycles. The fourth-order valence-electron chi connectivity index (χ4n) is 2.59. The number of nitrogens with one attached hydrogen (secondary N) is 1. The number of aliphatic hydroxyl groups excluding tert-OH is 2. The summed E-state index contributed by atoms with van der Waals surface area (Å²) in [5, 5.41) is 20.4. The molecule has 3 rings (SSSR count). The molecule has 21 heavy (non-hydrogen) atoms. The van der Waals surface area contributed by atoms with E-state index in [2.05, 4.69) is 15.0 Å². The minimum atomic E-state index is -1.05. The van der Waals surface area contributed by atoms with E-state index < -0.39 is 24.5 Å². The zero-order valence-corrected chi connectivity index (χ0v) is 11.8. The van der Waals surface area contributed by atoms with Gasteiger partial charge in [0, 0.05) is 0 Å². The van der Waals surface area contributed by atoms with Crippen molar-refractivity contribution in [3.63, 3.8) is 0 Å². The molecule has 0 amide bonds. The van der Waals surface area contributed by atoms with E-state index in [0.29, 0.717) is 17.7 Å². The van der Waals surface area contributed by atoms with Crippen LogP contribution in [0, 0.1) is 0 Å². The molecule has 0 aromatic carbocycles. The molecule has 0 aliphatic carbocycles. The molecule has 1 saturated heterocycles. The predicted octanol–water partition coefficient (Wildman–Crippen LogP) is -2.83. The normalized spacial score (nSPS) is 29.6. The van der Waals surface area contributed by atoms with Gasteiger partial charge < -0.3 is 25.6 Å². The minimum Gasteiger partial charge on any atom is -0.387 e. The number of nitrogens with zero attached hydrogens (tertiary/aromatic N) is 4. The number of aromatic nitrogens is 4. The first kappa shape index (κ1) is 14.1. The van der Waals surface area contributed by atoms with Crippen molar-refractivity contribution >= 4 is 17.0 Å². The zero-order valence-electron chi connectivity index (χ0n) is 11.8. The van der Waals surface area contributed by atoms with Crippen molar-refractivity contribution in [3.8, 4) is 0 Å². The van der Waals surface area contributed by atoms with E-state index in [0.717, 1.165) is 4.90 Å². The van der Waals surface area contributed by atoms with Crippen molar-refractivity contribution in [2.45, 2.75) is 24.5 Å². The Morgan fingerprint density at radius 3 is 2.76 bits per heavy atom. The summed E-state index contributed by atoms with van der Waals surface area (Å²) in [4.78, 5) is 13.3. The number of aliphatic hydroxyl groups is 2. The highest BCUT2D eigenvalue weighted by molar-refractivity contribution is 5.81. The largest absolute Gasteiger partial charge is 0.387 e. The van der Waals surface area contributed by atoms with Crippen LogP contribution in [0.5, 0.6) is 0 Å².